The summed E-state index contributed by atoms with van der Waals surface area (Å²) in [6.45, 7) is 18.9. The molecule has 248 valence electrons. The molecule has 0 spiro atoms. The number of hydrogen-bond acceptors (Lipinski definition) is 5. The second kappa shape index (κ2) is 13.0. The molecule has 10 atom stereocenters. The van der Waals surface area contributed by atoms with Crippen molar-refractivity contribution in [2.24, 2.45) is 34.5 Å². The van der Waals surface area contributed by atoms with Crippen molar-refractivity contribution in [1.29, 1.82) is 0 Å². The maximum Gasteiger partial charge on any atom is 0.306 e. The Bertz CT molecular complexity index is 1050. The monoisotopic (exact) mass is 611 g/mol. The number of likely N-dealkylation sites (tertiary alicyclic amines) is 2. The maximum atomic E-state index is 13.0. The molecule has 6 nitrogen and oxygen atoms in total. The lowest BCUT2D eigenvalue weighted by atomic mass is 9.44. The number of rotatable bonds is 8. The average molecular weight is 612 g/mol. The van der Waals surface area contributed by atoms with E-state index in [0.29, 0.717) is 48.6 Å². The number of piperidine rings is 2. The largest absolute Gasteiger partial charge is 0.461 e. The van der Waals surface area contributed by atoms with Gasteiger partial charge in [-0.15, -0.1) is 0 Å². The molecular weight excluding hydrogens is 548 g/mol. The Labute approximate surface area is 268 Å². The average Bonchev–Trinajstić information content (AvgIpc) is 3.34. The minimum Gasteiger partial charge on any atom is -0.461 e. The van der Waals surface area contributed by atoms with Gasteiger partial charge in [0.15, 0.2) is 6.10 Å². The molecule has 6 fully saturated rings. The summed E-state index contributed by atoms with van der Waals surface area (Å²) in [6.07, 6.45) is 19.2. The highest BCUT2D eigenvalue weighted by molar-refractivity contribution is 5.69. The number of ether oxygens (including phenoxy) is 2. The number of hydrogen-bond donors (Lipinski definition) is 0. The van der Waals surface area contributed by atoms with Crippen molar-refractivity contribution in [3.8, 4) is 0 Å². The highest BCUT2D eigenvalue weighted by atomic mass is 16.5. The fourth-order valence-corrected chi connectivity index (χ4v) is 12.2. The second-order valence-corrected chi connectivity index (χ2v) is 16.5. The third-order valence-electron chi connectivity index (χ3n) is 14.5. The molecule has 0 aromatic heterocycles. The van der Waals surface area contributed by atoms with Crippen molar-refractivity contribution in [3.05, 3.63) is 12.7 Å². The van der Waals surface area contributed by atoms with Crippen LogP contribution in [-0.2, 0) is 19.1 Å². The van der Waals surface area contributed by atoms with E-state index in [4.69, 9.17) is 9.47 Å². The molecule has 0 aromatic carbocycles. The van der Waals surface area contributed by atoms with Gasteiger partial charge in [0.2, 0.25) is 0 Å². The van der Waals surface area contributed by atoms with Crippen LogP contribution in [0.1, 0.15) is 124 Å². The predicted molar refractivity (Wildman–Crippen MR) is 175 cm³/mol. The predicted octanol–water partition coefficient (Wildman–Crippen LogP) is 7.30. The molecule has 2 heterocycles. The van der Waals surface area contributed by atoms with Crippen LogP contribution in [0.5, 0.6) is 0 Å². The van der Waals surface area contributed by atoms with E-state index in [9.17, 15) is 9.59 Å². The van der Waals surface area contributed by atoms with Crippen LogP contribution in [0, 0.1) is 34.5 Å². The Hall–Kier alpha value is -1.40. The van der Waals surface area contributed by atoms with Crippen LogP contribution in [0.2, 0.25) is 0 Å². The smallest absolute Gasteiger partial charge is 0.306 e. The Morgan fingerprint density at radius 1 is 0.864 bits per heavy atom. The van der Waals surface area contributed by atoms with Crippen LogP contribution in [0.15, 0.2) is 12.7 Å². The summed E-state index contributed by atoms with van der Waals surface area (Å²) in [7, 11) is 0. The lowest BCUT2D eigenvalue weighted by molar-refractivity contribution is -0.952. The van der Waals surface area contributed by atoms with E-state index in [0.717, 1.165) is 43.4 Å². The first-order chi connectivity index (χ1) is 21.2. The molecule has 0 aromatic rings. The Morgan fingerprint density at radius 3 is 2.23 bits per heavy atom. The van der Waals surface area contributed by atoms with Crippen LogP contribution in [0.4, 0.5) is 0 Å². The van der Waals surface area contributed by atoms with Gasteiger partial charge in [-0.2, -0.15) is 0 Å². The van der Waals surface area contributed by atoms with E-state index in [2.05, 4.69) is 31.4 Å². The van der Waals surface area contributed by atoms with Gasteiger partial charge >= 0.3 is 11.9 Å². The minimum atomic E-state index is -0.0262. The number of esters is 2. The van der Waals surface area contributed by atoms with E-state index in [1.54, 1.807) is 0 Å². The van der Waals surface area contributed by atoms with Gasteiger partial charge in [-0.1, -0.05) is 40.7 Å². The molecule has 2 aliphatic heterocycles. The molecule has 0 radical (unpaired) electrons. The van der Waals surface area contributed by atoms with Gasteiger partial charge in [0.25, 0.3) is 0 Å². The first-order valence-electron chi connectivity index (χ1n) is 18.8. The summed E-state index contributed by atoms with van der Waals surface area (Å²) < 4.78 is 13.9. The summed E-state index contributed by atoms with van der Waals surface area (Å²) in [5, 5.41) is 0. The van der Waals surface area contributed by atoms with E-state index < -0.39 is 0 Å². The maximum absolute atomic E-state index is 13.0. The van der Waals surface area contributed by atoms with E-state index >= 15 is 0 Å². The van der Waals surface area contributed by atoms with Gasteiger partial charge in [0, 0.05) is 30.7 Å². The molecule has 0 amide bonds. The number of fused-ring (bicyclic) bond motifs is 5. The molecule has 44 heavy (non-hydrogen) atoms. The van der Waals surface area contributed by atoms with Crippen molar-refractivity contribution in [1.82, 2.24) is 4.90 Å². The van der Waals surface area contributed by atoms with Crippen LogP contribution in [0.25, 0.3) is 0 Å². The summed E-state index contributed by atoms with van der Waals surface area (Å²) in [5.74, 6) is 2.57. The zero-order valence-corrected chi connectivity index (χ0v) is 28.6. The van der Waals surface area contributed by atoms with Crippen LogP contribution in [0.3, 0.4) is 0 Å². The summed E-state index contributed by atoms with van der Waals surface area (Å²) in [5.41, 5.74) is 0.317. The molecule has 4 saturated carbocycles. The number of carbonyl (C=O) groups excluding carboxylic acids is 2. The van der Waals surface area contributed by atoms with Crippen molar-refractivity contribution >= 4 is 11.9 Å². The molecule has 4 aliphatic carbocycles. The number of nitrogens with zero attached hydrogens (tertiary/aromatic N) is 2. The van der Waals surface area contributed by atoms with Crippen molar-refractivity contribution in [2.45, 2.75) is 148 Å². The summed E-state index contributed by atoms with van der Waals surface area (Å²) in [6, 6.07) is 0.733. The first-order valence-corrected chi connectivity index (χ1v) is 18.8. The zero-order valence-electron chi connectivity index (χ0n) is 28.6. The third-order valence-corrected chi connectivity index (χ3v) is 14.5. The summed E-state index contributed by atoms with van der Waals surface area (Å²) in [4.78, 5) is 28.3. The van der Waals surface area contributed by atoms with Crippen LogP contribution in [-0.4, -0.2) is 78.3 Å². The highest BCUT2D eigenvalue weighted by Gasteiger charge is 2.67. The second-order valence-electron chi connectivity index (χ2n) is 16.5. The lowest BCUT2D eigenvalue weighted by Crippen LogP contribution is -2.63. The molecule has 0 N–H and O–H groups in total. The highest BCUT2D eigenvalue weighted by Crippen LogP contribution is 2.68. The first kappa shape index (κ1) is 32.5. The van der Waals surface area contributed by atoms with Crippen molar-refractivity contribution in [2.75, 3.05) is 32.7 Å². The molecule has 0 bridgehead atoms. The number of quaternary nitrogens is 1. The van der Waals surface area contributed by atoms with Crippen molar-refractivity contribution < 1.29 is 23.5 Å². The van der Waals surface area contributed by atoms with Gasteiger partial charge in [-0.3, -0.25) is 14.5 Å². The van der Waals surface area contributed by atoms with E-state index in [-0.39, 0.29) is 35.0 Å². The molecule has 5 unspecified atom stereocenters. The lowest BCUT2D eigenvalue weighted by Gasteiger charge is -2.62. The standard InChI is InChI=1S/C38H63N2O4/c1-6-21-40(22-13-10-14-23-40)32-25-30-28-16-15-27-24-33(43-34(41)7-2)31(39-19-11-9-12-20-39)26-38(27,5)29(28)17-18-37(30,4)36(32)44-35(42)8-3/h6,27-33,36H,1,7-26H2,2-5H3/q+1/t27?,28-,29-,30+,31?,32?,33?,36?,37+,38+/m1/s1. The molecule has 6 heteroatoms. The minimum absolute atomic E-state index is 0.00905. The molecule has 6 aliphatic rings. The van der Waals surface area contributed by atoms with Gasteiger partial charge in [-0.05, 0) is 119 Å². The zero-order chi connectivity index (χ0) is 31.1. The Morgan fingerprint density at radius 2 is 1.55 bits per heavy atom. The quantitative estimate of drug-likeness (QED) is 0.164. The van der Waals surface area contributed by atoms with E-state index in [1.807, 2.05) is 13.8 Å². The summed E-state index contributed by atoms with van der Waals surface area (Å²) >= 11 is 0. The van der Waals surface area contributed by atoms with Crippen LogP contribution < -0.4 is 0 Å². The van der Waals surface area contributed by atoms with Gasteiger partial charge in [0.1, 0.15) is 12.1 Å². The normalized spacial score (nSPS) is 43.6. The van der Waals surface area contributed by atoms with Gasteiger partial charge in [-0.25, -0.2) is 0 Å². The van der Waals surface area contributed by atoms with Gasteiger partial charge in [0.05, 0.1) is 19.6 Å². The Kier molecular flexibility index (Phi) is 9.62. The van der Waals surface area contributed by atoms with Gasteiger partial charge < -0.3 is 14.0 Å². The Balaban J connectivity index is 1.30. The fraction of sp³-hybridized carbons (Fsp3) is 0.895. The molecular formula is C38H63N2O4+. The molecule has 6 rings (SSSR count). The number of carbonyl (C=O) groups is 2. The fourth-order valence-electron chi connectivity index (χ4n) is 12.2. The molecule has 2 saturated heterocycles. The van der Waals surface area contributed by atoms with Crippen LogP contribution >= 0.6 is 0 Å². The van der Waals surface area contributed by atoms with E-state index in [1.165, 1.54) is 77.3 Å². The van der Waals surface area contributed by atoms with Crippen molar-refractivity contribution in [3.63, 3.8) is 0 Å². The SMILES string of the molecule is C=CC[N+]1(C2C[C@H]3[C@@H]4CCC5CC(OC(=O)CC)C(N6CCCCC6)C[C@]5(C)[C@@H]4CC[C@]3(C)C2OC(=O)CC)CCCCC1. The third kappa shape index (κ3) is 5.60. The topological polar surface area (TPSA) is 55.8 Å².